The highest BCUT2D eigenvalue weighted by Crippen LogP contribution is 2.27. The van der Waals surface area contributed by atoms with Gasteiger partial charge in [0.05, 0.1) is 11.5 Å². The summed E-state index contributed by atoms with van der Waals surface area (Å²) in [5, 5.41) is 3.48. The van der Waals surface area contributed by atoms with Gasteiger partial charge in [0.15, 0.2) is 15.8 Å². The van der Waals surface area contributed by atoms with Crippen LogP contribution >= 0.6 is 0 Å². The lowest BCUT2D eigenvalue weighted by Crippen LogP contribution is -2.42. The standard InChI is InChI=1S/C20H31N3O2S/c1-16(2)12-21-20(22-13-17-9-11-26(24,25)15-17)23-10-8-19(14-23)18-6-4-3-5-7-18/h3-7,16-17,19H,8-15H2,1-2H3,(H,21,22). The Labute approximate surface area is 157 Å². The Morgan fingerprint density at radius 2 is 2.04 bits per heavy atom. The summed E-state index contributed by atoms with van der Waals surface area (Å²) in [6.45, 7) is 7.78. The molecule has 2 atom stereocenters. The summed E-state index contributed by atoms with van der Waals surface area (Å²) in [6, 6.07) is 10.7. The minimum absolute atomic E-state index is 0.205. The number of guanidine groups is 1. The van der Waals surface area contributed by atoms with Crippen molar-refractivity contribution in [3.63, 3.8) is 0 Å². The van der Waals surface area contributed by atoms with E-state index >= 15 is 0 Å². The van der Waals surface area contributed by atoms with Crippen LogP contribution in [-0.4, -0.2) is 57.0 Å². The molecule has 2 aliphatic rings. The Morgan fingerprint density at radius 3 is 2.69 bits per heavy atom. The first kappa shape index (κ1) is 19.2. The molecule has 2 fully saturated rings. The van der Waals surface area contributed by atoms with Gasteiger partial charge in [-0.15, -0.1) is 0 Å². The second-order valence-electron chi connectivity index (χ2n) is 8.05. The Hall–Kier alpha value is -1.56. The summed E-state index contributed by atoms with van der Waals surface area (Å²) in [5.41, 5.74) is 1.39. The molecule has 0 spiro atoms. The Bertz CT molecular complexity index is 716. The van der Waals surface area contributed by atoms with Crippen LogP contribution in [0.25, 0.3) is 0 Å². The molecule has 0 saturated carbocycles. The van der Waals surface area contributed by atoms with Gasteiger partial charge in [-0.25, -0.2) is 8.42 Å². The number of likely N-dealkylation sites (tertiary alicyclic amines) is 1. The largest absolute Gasteiger partial charge is 0.356 e. The number of sulfone groups is 1. The number of rotatable bonds is 5. The fourth-order valence-electron chi connectivity index (χ4n) is 3.76. The van der Waals surface area contributed by atoms with E-state index in [2.05, 4.69) is 54.4 Å². The molecule has 2 saturated heterocycles. The second kappa shape index (κ2) is 8.42. The highest BCUT2D eigenvalue weighted by molar-refractivity contribution is 7.91. The molecule has 2 unspecified atom stereocenters. The fraction of sp³-hybridized carbons (Fsp3) is 0.650. The van der Waals surface area contributed by atoms with Crippen LogP contribution in [0.15, 0.2) is 35.3 Å². The highest BCUT2D eigenvalue weighted by atomic mass is 32.2. The quantitative estimate of drug-likeness (QED) is 0.633. The fourth-order valence-corrected chi connectivity index (χ4v) is 5.62. The molecule has 2 aliphatic heterocycles. The number of hydrogen-bond donors (Lipinski definition) is 1. The summed E-state index contributed by atoms with van der Waals surface area (Å²) < 4.78 is 23.4. The van der Waals surface area contributed by atoms with Crippen LogP contribution in [-0.2, 0) is 9.84 Å². The van der Waals surface area contributed by atoms with Crippen LogP contribution in [0.4, 0.5) is 0 Å². The average molecular weight is 378 g/mol. The van der Waals surface area contributed by atoms with E-state index in [9.17, 15) is 8.42 Å². The molecule has 5 nitrogen and oxygen atoms in total. The average Bonchev–Trinajstić information content (AvgIpc) is 3.22. The van der Waals surface area contributed by atoms with Crippen LogP contribution in [0.2, 0.25) is 0 Å². The number of hydrogen-bond acceptors (Lipinski definition) is 3. The first-order valence-electron chi connectivity index (χ1n) is 9.71. The zero-order valence-corrected chi connectivity index (χ0v) is 16.7. The molecule has 0 bridgehead atoms. The maximum atomic E-state index is 11.7. The monoisotopic (exact) mass is 377 g/mol. The van der Waals surface area contributed by atoms with Crippen molar-refractivity contribution in [2.75, 3.05) is 37.7 Å². The van der Waals surface area contributed by atoms with Crippen LogP contribution in [0.1, 0.15) is 38.2 Å². The summed E-state index contributed by atoms with van der Waals surface area (Å²) in [6.07, 6.45) is 1.89. The first-order valence-corrected chi connectivity index (χ1v) is 11.5. The number of benzene rings is 1. The maximum Gasteiger partial charge on any atom is 0.193 e. The van der Waals surface area contributed by atoms with Gasteiger partial charge >= 0.3 is 0 Å². The summed E-state index contributed by atoms with van der Waals surface area (Å²) in [4.78, 5) is 7.15. The zero-order valence-electron chi connectivity index (χ0n) is 15.9. The summed E-state index contributed by atoms with van der Waals surface area (Å²) >= 11 is 0. The molecule has 1 aromatic carbocycles. The van der Waals surface area contributed by atoms with Crippen molar-refractivity contribution in [1.82, 2.24) is 10.2 Å². The molecule has 144 valence electrons. The third kappa shape index (κ3) is 5.22. The molecule has 6 heteroatoms. The maximum absolute atomic E-state index is 11.7. The van der Waals surface area contributed by atoms with Gasteiger partial charge in [0, 0.05) is 32.1 Å². The van der Waals surface area contributed by atoms with E-state index in [1.807, 2.05) is 0 Å². The number of aliphatic imine (C=N–C) groups is 1. The van der Waals surface area contributed by atoms with Crippen LogP contribution in [0, 0.1) is 11.8 Å². The topological polar surface area (TPSA) is 61.8 Å². The van der Waals surface area contributed by atoms with E-state index in [-0.39, 0.29) is 5.92 Å². The predicted octanol–water partition coefficient (Wildman–Crippen LogP) is 2.51. The SMILES string of the molecule is CC(C)CN=C(NCC1CCS(=O)(=O)C1)N1CCC(c2ccccc2)C1. The second-order valence-corrected chi connectivity index (χ2v) is 10.3. The van der Waals surface area contributed by atoms with Crippen molar-refractivity contribution in [1.29, 1.82) is 0 Å². The molecule has 2 heterocycles. The predicted molar refractivity (Wildman–Crippen MR) is 107 cm³/mol. The molecule has 0 aromatic heterocycles. The van der Waals surface area contributed by atoms with Crippen molar-refractivity contribution in [2.24, 2.45) is 16.8 Å². The van der Waals surface area contributed by atoms with E-state index < -0.39 is 9.84 Å². The van der Waals surface area contributed by atoms with Crippen molar-refractivity contribution < 1.29 is 8.42 Å². The van der Waals surface area contributed by atoms with E-state index in [0.29, 0.717) is 29.9 Å². The molecular weight excluding hydrogens is 346 g/mol. The highest BCUT2D eigenvalue weighted by Gasteiger charge is 2.30. The van der Waals surface area contributed by atoms with Gasteiger partial charge in [0.1, 0.15) is 0 Å². The van der Waals surface area contributed by atoms with Gasteiger partial charge < -0.3 is 10.2 Å². The Kier molecular flexibility index (Phi) is 6.22. The van der Waals surface area contributed by atoms with Crippen molar-refractivity contribution in [2.45, 2.75) is 32.6 Å². The minimum Gasteiger partial charge on any atom is -0.356 e. The number of nitrogens with one attached hydrogen (secondary N) is 1. The number of nitrogens with zero attached hydrogens (tertiary/aromatic N) is 2. The third-order valence-corrected chi connectivity index (χ3v) is 7.08. The smallest absolute Gasteiger partial charge is 0.193 e. The van der Waals surface area contributed by atoms with Crippen molar-refractivity contribution >= 4 is 15.8 Å². The summed E-state index contributed by atoms with van der Waals surface area (Å²) in [7, 11) is -2.83. The molecular formula is C20H31N3O2S. The lowest BCUT2D eigenvalue weighted by molar-refractivity contribution is 0.466. The Balaban J connectivity index is 1.62. The van der Waals surface area contributed by atoms with Crippen molar-refractivity contribution in [3.05, 3.63) is 35.9 Å². The van der Waals surface area contributed by atoms with Gasteiger partial charge in [0.2, 0.25) is 0 Å². The van der Waals surface area contributed by atoms with E-state index in [1.165, 1.54) is 5.56 Å². The Morgan fingerprint density at radius 1 is 1.27 bits per heavy atom. The lowest BCUT2D eigenvalue weighted by atomic mass is 9.99. The normalized spacial score (nSPS) is 25.8. The molecule has 0 radical (unpaired) electrons. The molecule has 26 heavy (non-hydrogen) atoms. The van der Waals surface area contributed by atoms with Crippen molar-refractivity contribution in [3.8, 4) is 0 Å². The van der Waals surface area contributed by atoms with Crippen LogP contribution < -0.4 is 5.32 Å². The molecule has 0 aliphatic carbocycles. The zero-order chi connectivity index (χ0) is 18.6. The third-order valence-electron chi connectivity index (χ3n) is 5.24. The molecule has 1 aromatic rings. The van der Waals surface area contributed by atoms with Gasteiger partial charge in [-0.05, 0) is 30.2 Å². The van der Waals surface area contributed by atoms with E-state index in [4.69, 9.17) is 4.99 Å². The van der Waals surface area contributed by atoms with Crippen LogP contribution in [0.5, 0.6) is 0 Å². The molecule has 0 amide bonds. The molecule has 1 N–H and O–H groups in total. The lowest BCUT2D eigenvalue weighted by Gasteiger charge is -2.24. The van der Waals surface area contributed by atoms with E-state index in [0.717, 1.165) is 38.4 Å². The van der Waals surface area contributed by atoms with Gasteiger partial charge in [-0.1, -0.05) is 44.2 Å². The van der Waals surface area contributed by atoms with Crippen LogP contribution in [0.3, 0.4) is 0 Å². The first-order chi connectivity index (χ1) is 12.4. The van der Waals surface area contributed by atoms with Gasteiger partial charge in [-0.3, -0.25) is 4.99 Å². The minimum atomic E-state index is -2.83. The van der Waals surface area contributed by atoms with E-state index in [1.54, 1.807) is 0 Å². The molecule has 3 rings (SSSR count). The van der Waals surface area contributed by atoms with Gasteiger partial charge in [-0.2, -0.15) is 0 Å². The van der Waals surface area contributed by atoms with Gasteiger partial charge in [0.25, 0.3) is 0 Å². The summed E-state index contributed by atoms with van der Waals surface area (Å²) in [5.74, 6) is 2.83.